The van der Waals surface area contributed by atoms with Gasteiger partial charge in [0.15, 0.2) is 0 Å². The third-order valence-corrected chi connectivity index (χ3v) is 16.2. The minimum Gasteiger partial charge on any atom is -0.312 e. The minimum atomic E-state index is -0.538. The third-order valence-electron chi connectivity index (χ3n) is 15.4. The van der Waals surface area contributed by atoms with Crippen molar-refractivity contribution in [2.24, 2.45) is 11.3 Å². The summed E-state index contributed by atoms with van der Waals surface area (Å²) >= 11 is 2.83. The number of nitrogens with zero attached hydrogens (tertiary/aromatic N) is 9. The average Bonchev–Trinajstić information content (AvgIpc) is 3.33. The molecule has 6 fully saturated rings. The Hall–Kier alpha value is -4.61. The molecular weight excluding hydrogens is 902 g/mol. The van der Waals surface area contributed by atoms with E-state index in [0.29, 0.717) is 51.1 Å². The van der Waals surface area contributed by atoms with Crippen LogP contribution >= 0.6 is 0 Å². The Morgan fingerprint density at radius 1 is 0.824 bits per heavy atom. The van der Waals surface area contributed by atoms with Crippen LogP contribution in [0, 0.1) is 23.0 Å². The summed E-state index contributed by atoms with van der Waals surface area (Å²) < 4.78 is 32.6. The number of amides is 3. The Morgan fingerprint density at radius 3 is 2.26 bits per heavy atom. The van der Waals surface area contributed by atoms with Gasteiger partial charge in [0.25, 0.3) is 0 Å². The monoisotopic (exact) mass is 972 g/mol. The van der Waals surface area contributed by atoms with E-state index >= 15 is 8.78 Å². The summed E-state index contributed by atoms with van der Waals surface area (Å²) in [5, 5.41) is 9.58. The van der Waals surface area contributed by atoms with E-state index in [-0.39, 0.29) is 29.6 Å². The predicted molar refractivity (Wildman–Crippen MR) is 263 cm³/mol. The molecule has 9 rings (SSSR count). The van der Waals surface area contributed by atoms with E-state index in [2.05, 4.69) is 112 Å². The number of benzene rings is 2. The maximum absolute atomic E-state index is 15.7. The molecule has 1 spiro atoms. The van der Waals surface area contributed by atoms with Gasteiger partial charge in [0.1, 0.15) is 11.6 Å². The van der Waals surface area contributed by atoms with Crippen molar-refractivity contribution in [1.29, 1.82) is 0 Å². The van der Waals surface area contributed by atoms with Crippen LogP contribution in [0.1, 0.15) is 77.2 Å². The van der Waals surface area contributed by atoms with Gasteiger partial charge in [-0.1, -0.05) is 20.4 Å². The number of carbonyl (C=O) groups is 2. The van der Waals surface area contributed by atoms with Crippen LogP contribution in [0.4, 0.5) is 42.3 Å². The Bertz CT molecular complexity index is 2280. The number of hydrogen-bond donors (Lipinski definition) is 3. The van der Waals surface area contributed by atoms with E-state index in [4.69, 9.17) is 0 Å². The van der Waals surface area contributed by atoms with E-state index in [1.807, 2.05) is 6.07 Å². The number of halogens is 2. The smallest absolute Gasteiger partial charge is 0.312 e. The van der Waals surface area contributed by atoms with Crippen molar-refractivity contribution >= 4 is 45.0 Å². The fourth-order valence-electron chi connectivity index (χ4n) is 11.0. The molecule has 0 unspecified atom stereocenters. The quantitative estimate of drug-likeness (QED) is 0.161. The SMILES string of the molecule is C=C1CCN(c2ccc(N3CCN(CC4CCN([C](=[V])CCCNc5cc(N6CCC7(CC6)CN(c6cc(F)c(CN8CCC(C)(C)CC8)cc6F)CC(=O)N7)ncn5)CC4)CC3)cc2)C(=O)N1. The fourth-order valence-corrected chi connectivity index (χ4v) is 11.5. The summed E-state index contributed by atoms with van der Waals surface area (Å²) in [6.07, 6.45) is 10.2. The molecule has 0 bridgehead atoms. The molecule has 3 aromatic rings. The van der Waals surface area contributed by atoms with Gasteiger partial charge in [-0.05, 0) is 49.5 Å². The molecule has 6 aliphatic rings. The van der Waals surface area contributed by atoms with Gasteiger partial charge < -0.3 is 15.5 Å². The van der Waals surface area contributed by atoms with Gasteiger partial charge in [0.05, 0.1) is 12.2 Å². The van der Waals surface area contributed by atoms with E-state index in [9.17, 15) is 9.59 Å². The molecule has 6 saturated heterocycles. The predicted octanol–water partition coefficient (Wildman–Crippen LogP) is 6.19. The molecule has 1 aromatic heterocycles. The van der Waals surface area contributed by atoms with Crippen LogP contribution in [0.3, 0.4) is 0 Å². The van der Waals surface area contributed by atoms with E-state index in [1.165, 1.54) is 41.6 Å². The van der Waals surface area contributed by atoms with Crippen LogP contribution in [-0.4, -0.2) is 145 Å². The minimum absolute atomic E-state index is 0.00240. The van der Waals surface area contributed by atoms with E-state index < -0.39 is 17.2 Å². The second-order valence-corrected chi connectivity index (χ2v) is 21.7. The van der Waals surface area contributed by atoms with Gasteiger partial charge in [0, 0.05) is 49.1 Å². The van der Waals surface area contributed by atoms with Crippen molar-refractivity contribution < 1.29 is 35.3 Å². The molecule has 0 atom stereocenters. The summed E-state index contributed by atoms with van der Waals surface area (Å²) in [7, 11) is 0. The van der Waals surface area contributed by atoms with Gasteiger partial charge in [0.2, 0.25) is 5.91 Å². The van der Waals surface area contributed by atoms with Gasteiger partial charge in [-0.25, -0.2) is 13.6 Å². The zero-order valence-corrected chi connectivity index (χ0v) is 41.5. The number of nitrogens with one attached hydrogen (secondary N) is 3. The van der Waals surface area contributed by atoms with Crippen molar-refractivity contribution in [3.05, 3.63) is 78.3 Å². The number of carbonyl (C=O) groups excluding carboxylic acids is 2. The molecular formula is C51H70F2N12O2V. The number of anilines is 5. The van der Waals surface area contributed by atoms with Crippen molar-refractivity contribution in [3.63, 3.8) is 0 Å². The average molecular weight is 972 g/mol. The molecule has 14 nitrogen and oxygen atoms in total. The van der Waals surface area contributed by atoms with Crippen molar-refractivity contribution in [2.45, 2.75) is 83.7 Å². The normalized spacial score (nSPS) is 22.1. The molecule has 0 radical (unpaired) electrons. The molecule has 68 heavy (non-hydrogen) atoms. The number of aromatic nitrogens is 2. The molecule has 3 amide bonds. The first kappa shape index (κ1) is 48.4. The van der Waals surface area contributed by atoms with Gasteiger partial charge in [-0.2, -0.15) is 0 Å². The topological polar surface area (TPSA) is 119 Å². The van der Waals surface area contributed by atoms with E-state index in [0.717, 1.165) is 120 Å². The van der Waals surface area contributed by atoms with Crippen LogP contribution in [0.25, 0.3) is 0 Å². The first-order chi connectivity index (χ1) is 32.8. The van der Waals surface area contributed by atoms with E-state index in [1.54, 1.807) is 16.1 Å². The number of hydrogen-bond acceptors (Lipinski definition) is 11. The molecule has 365 valence electrons. The number of piperazine rings is 2. The number of rotatable bonds is 14. The summed E-state index contributed by atoms with van der Waals surface area (Å²) in [6, 6.07) is 12.9. The Kier molecular flexibility index (Phi) is 15.1. The van der Waals surface area contributed by atoms with Crippen molar-refractivity contribution in [3.8, 4) is 0 Å². The maximum atomic E-state index is 15.7. The summed E-state index contributed by atoms with van der Waals surface area (Å²) in [4.78, 5) is 50.2. The summed E-state index contributed by atoms with van der Waals surface area (Å²) in [5.41, 5.74) is 3.18. The van der Waals surface area contributed by atoms with Crippen molar-refractivity contribution in [1.82, 2.24) is 35.3 Å². The van der Waals surface area contributed by atoms with Gasteiger partial charge in [-0.15, -0.1) is 0 Å². The molecule has 17 heteroatoms. The fraction of sp³-hybridized carbons (Fsp3) is 0.588. The van der Waals surface area contributed by atoms with Crippen molar-refractivity contribution in [2.75, 3.05) is 123 Å². The molecule has 2 aromatic carbocycles. The van der Waals surface area contributed by atoms with Crippen LogP contribution in [-0.2, 0) is 28.3 Å². The van der Waals surface area contributed by atoms with Crippen LogP contribution < -0.4 is 35.6 Å². The number of urea groups is 1. The zero-order valence-electron chi connectivity index (χ0n) is 40.1. The van der Waals surface area contributed by atoms with Crippen LogP contribution in [0.5, 0.6) is 0 Å². The first-order valence-corrected chi connectivity index (χ1v) is 25.7. The molecule has 0 saturated carbocycles. The van der Waals surface area contributed by atoms with Gasteiger partial charge in [-0.3, -0.25) is 14.6 Å². The second kappa shape index (κ2) is 21.2. The van der Waals surface area contributed by atoms with Gasteiger partial charge >= 0.3 is 220 Å². The van der Waals surface area contributed by atoms with Crippen LogP contribution in [0.15, 0.2) is 61.1 Å². The first-order valence-electron chi connectivity index (χ1n) is 25.0. The summed E-state index contributed by atoms with van der Waals surface area (Å²) in [5.74, 6) is 1.28. The Balaban J connectivity index is 0.669. The Morgan fingerprint density at radius 2 is 1.54 bits per heavy atom. The molecule has 7 heterocycles. The second-order valence-electron chi connectivity index (χ2n) is 20.9. The standard InChI is InChI=1S/C51H70F2N12O2.V/c1-38-10-21-65(49(67)57-38)42-8-6-41(7-9-42)62-28-26-61(27-29-62)33-39-11-19-59(20-12-39)18-5-4-17-54-46-32-47(56-37-55-46)63-24-15-51(16-25-63)36-64(35-48(66)58-51)45-31-43(52)40(30-44(45)53)34-60-22-13-50(2,3)14-23-60;/h6-9,30-32,37,39H,1,4-5,10-17,19-29,33-36H2,2-3H3,(H,57,67)(H,58,66)(H,54,55,56);. The van der Waals surface area contributed by atoms with Crippen LogP contribution in [0.2, 0.25) is 0 Å². The third kappa shape index (κ3) is 11.9. The zero-order chi connectivity index (χ0) is 47.4. The number of piperidine rings is 3. The summed E-state index contributed by atoms with van der Waals surface area (Å²) in [6.45, 7) is 21.3. The molecule has 6 aliphatic heterocycles. The number of likely N-dealkylation sites (tertiary alicyclic amines) is 2. The molecule has 3 N–H and O–H groups in total. The molecule has 0 aliphatic carbocycles. The Labute approximate surface area is 410 Å².